The van der Waals surface area contributed by atoms with Crippen LogP contribution in [0.5, 0.6) is 0 Å². The van der Waals surface area contributed by atoms with Crippen molar-refractivity contribution in [2.24, 2.45) is 5.92 Å². The average molecular weight is 390 g/mol. The van der Waals surface area contributed by atoms with Gasteiger partial charge < -0.3 is 24.8 Å². The smallest absolute Gasteiger partial charge is 0.322 e. The average Bonchev–Trinajstić information content (AvgIpc) is 3.04. The first-order chi connectivity index (χ1) is 13.5. The van der Waals surface area contributed by atoms with Gasteiger partial charge in [0.05, 0.1) is 30.9 Å². The van der Waals surface area contributed by atoms with Crippen LogP contribution in [-0.4, -0.2) is 84.5 Å². The number of ether oxygens (including phenoxy) is 1. The van der Waals surface area contributed by atoms with Crippen molar-refractivity contribution in [3.63, 3.8) is 0 Å². The first-order valence-corrected chi connectivity index (χ1v) is 9.49. The van der Waals surface area contributed by atoms with Gasteiger partial charge in [-0.2, -0.15) is 0 Å². The number of anilines is 1. The first-order valence-electron chi connectivity index (χ1n) is 9.49. The molecule has 0 bridgehead atoms. The molecule has 1 unspecified atom stereocenters. The molecule has 1 atom stereocenters. The van der Waals surface area contributed by atoms with Crippen LogP contribution in [0.2, 0.25) is 0 Å². The molecule has 0 aliphatic carbocycles. The van der Waals surface area contributed by atoms with Crippen LogP contribution < -0.4 is 5.32 Å². The SMILES string of the molecule is O=C(Nc1ccccc1F)N1CC(N2CC(C(=O)N3CCOCC3)CC2=O)C1. The fourth-order valence-corrected chi connectivity index (χ4v) is 3.87. The third kappa shape index (κ3) is 3.66. The van der Waals surface area contributed by atoms with Crippen LogP contribution in [0.3, 0.4) is 0 Å². The number of benzene rings is 1. The van der Waals surface area contributed by atoms with E-state index >= 15 is 0 Å². The third-order valence-corrected chi connectivity index (χ3v) is 5.54. The number of carbonyl (C=O) groups excluding carboxylic acids is 3. The number of carbonyl (C=O) groups is 3. The largest absolute Gasteiger partial charge is 0.378 e. The van der Waals surface area contributed by atoms with Crippen molar-refractivity contribution in [1.82, 2.24) is 14.7 Å². The molecule has 3 aliphatic rings. The Morgan fingerprint density at radius 3 is 2.50 bits per heavy atom. The van der Waals surface area contributed by atoms with Gasteiger partial charge in [-0.3, -0.25) is 9.59 Å². The molecule has 0 saturated carbocycles. The molecule has 3 heterocycles. The van der Waals surface area contributed by atoms with Crippen molar-refractivity contribution in [1.29, 1.82) is 0 Å². The van der Waals surface area contributed by atoms with Crippen molar-refractivity contribution in [2.45, 2.75) is 12.5 Å². The Balaban J connectivity index is 1.28. The predicted molar refractivity (Wildman–Crippen MR) is 98.0 cm³/mol. The monoisotopic (exact) mass is 390 g/mol. The van der Waals surface area contributed by atoms with Gasteiger partial charge in [0.15, 0.2) is 0 Å². The Morgan fingerprint density at radius 1 is 1.07 bits per heavy atom. The lowest BCUT2D eigenvalue weighted by Crippen LogP contribution is -2.62. The molecule has 3 aliphatic heterocycles. The molecule has 0 aromatic heterocycles. The van der Waals surface area contributed by atoms with Gasteiger partial charge in [-0.05, 0) is 12.1 Å². The van der Waals surface area contributed by atoms with Crippen LogP contribution in [0.4, 0.5) is 14.9 Å². The van der Waals surface area contributed by atoms with E-state index in [0.29, 0.717) is 45.9 Å². The summed E-state index contributed by atoms with van der Waals surface area (Å²) >= 11 is 0. The Morgan fingerprint density at radius 2 is 1.79 bits per heavy atom. The molecule has 3 saturated heterocycles. The standard InChI is InChI=1S/C19H23FN4O4/c20-15-3-1-2-4-16(15)21-19(27)23-11-14(12-23)24-10-13(9-17(24)25)18(26)22-5-7-28-8-6-22/h1-4,13-14H,5-12H2,(H,21,27). The number of para-hydroxylation sites is 1. The quantitative estimate of drug-likeness (QED) is 0.826. The molecule has 0 spiro atoms. The summed E-state index contributed by atoms with van der Waals surface area (Å²) in [5.41, 5.74) is 0.129. The second-order valence-corrected chi connectivity index (χ2v) is 7.35. The molecule has 150 valence electrons. The molecule has 1 aromatic rings. The minimum atomic E-state index is -0.493. The molecule has 28 heavy (non-hydrogen) atoms. The van der Waals surface area contributed by atoms with Crippen LogP contribution in [0.1, 0.15) is 6.42 Å². The topological polar surface area (TPSA) is 82.2 Å². The Hall–Kier alpha value is -2.68. The van der Waals surface area contributed by atoms with E-state index in [1.54, 1.807) is 21.9 Å². The number of hydrogen-bond donors (Lipinski definition) is 1. The molecule has 1 aromatic carbocycles. The van der Waals surface area contributed by atoms with Crippen molar-refractivity contribution in [3.8, 4) is 0 Å². The predicted octanol–water partition coefficient (Wildman–Crippen LogP) is 0.749. The zero-order chi connectivity index (χ0) is 19.7. The van der Waals surface area contributed by atoms with Gasteiger partial charge in [0, 0.05) is 39.1 Å². The van der Waals surface area contributed by atoms with Gasteiger partial charge in [-0.1, -0.05) is 12.1 Å². The second kappa shape index (κ2) is 7.75. The van der Waals surface area contributed by atoms with Gasteiger partial charge in [-0.25, -0.2) is 9.18 Å². The summed E-state index contributed by atoms with van der Waals surface area (Å²) in [7, 11) is 0. The molecule has 8 nitrogen and oxygen atoms in total. The van der Waals surface area contributed by atoms with Crippen molar-refractivity contribution < 1.29 is 23.5 Å². The maximum atomic E-state index is 13.7. The summed E-state index contributed by atoms with van der Waals surface area (Å²) < 4.78 is 18.9. The summed E-state index contributed by atoms with van der Waals surface area (Å²) in [5, 5.41) is 2.54. The van der Waals surface area contributed by atoms with Crippen molar-refractivity contribution in [2.75, 3.05) is 51.3 Å². The van der Waals surface area contributed by atoms with E-state index in [9.17, 15) is 18.8 Å². The second-order valence-electron chi connectivity index (χ2n) is 7.35. The van der Waals surface area contributed by atoms with Crippen molar-refractivity contribution in [3.05, 3.63) is 30.1 Å². The van der Waals surface area contributed by atoms with Crippen LogP contribution in [0, 0.1) is 11.7 Å². The van der Waals surface area contributed by atoms with E-state index in [1.165, 1.54) is 17.0 Å². The van der Waals surface area contributed by atoms with Crippen LogP contribution in [-0.2, 0) is 14.3 Å². The maximum absolute atomic E-state index is 13.7. The molecule has 0 radical (unpaired) electrons. The Kier molecular flexibility index (Phi) is 5.17. The zero-order valence-electron chi connectivity index (χ0n) is 15.5. The molecule has 4 rings (SSSR count). The number of likely N-dealkylation sites (tertiary alicyclic amines) is 2. The van der Waals surface area contributed by atoms with E-state index in [1.807, 2.05) is 0 Å². The van der Waals surface area contributed by atoms with Crippen LogP contribution in [0.25, 0.3) is 0 Å². The fourth-order valence-electron chi connectivity index (χ4n) is 3.87. The summed E-state index contributed by atoms with van der Waals surface area (Å²) in [6.45, 7) is 3.35. The first kappa shape index (κ1) is 18.7. The summed E-state index contributed by atoms with van der Waals surface area (Å²) in [6.07, 6.45) is 0.216. The summed E-state index contributed by atoms with van der Waals surface area (Å²) in [4.78, 5) is 42.2. The normalized spacial score (nSPS) is 23.0. The highest BCUT2D eigenvalue weighted by molar-refractivity contribution is 5.91. The highest BCUT2D eigenvalue weighted by Crippen LogP contribution is 2.27. The van der Waals surface area contributed by atoms with Crippen LogP contribution >= 0.6 is 0 Å². The lowest BCUT2D eigenvalue weighted by molar-refractivity contribution is -0.139. The van der Waals surface area contributed by atoms with Gasteiger partial charge in [0.1, 0.15) is 5.82 Å². The summed E-state index contributed by atoms with van der Waals surface area (Å²) in [5.74, 6) is -0.864. The zero-order valence-corrected chi connectivity index (χ0v) is 15.5. The highest BCUT2D eigenvalue weighted by atomic mass is 19.1. The van der Waals surface area contributed by atoms with E-state index in [0.717, 1.165) is 0 Å². The number of nitrogens with zero attached hydrogens (tertiary/aromatic N) is 3. The lowest BCUT2D eigenvalue weighted by Gasteiger charge is -2.43. The van der Waals surface area contributed by atoms with Crippen LogP contribution in [0.15, 0.2) is 24.3 Å². The number of halogens is 1. The van der Waals surface area contributed by atoms with E-state index in [4.69, 9.17) is 4.74 Å². The molecular weight excluding hydrogens is 367 g/mol. The number of amides is 4. The molecule has 4 amide bonds. The molecule has 3 fully saturated rings. The number of urea groups is 1. The van der Waals surface area contributed by atoms with Crippen molar-refractivity contribution >= 4 is 23.5 Å². The minimum absolute atomic E-state index is 0.00706. The maximum Gasteiger partial charge on any atom is 0.322 e. The van der Waals surface area contributed by atoms with Gasteiger partial charge >= 0.3 is 6.03 Å². The van der Waals surface area contributed by atoms with Gasteiger partial charge in [-0.15, -0.1) is 0 Å². The molecular formula is C19H23FN4O4. The molecule has 9 heteroatoms. The number of morpholine rings is 1. The van der Waals surface area contributed by atoms with E-state index in [-0.39, 0.29) is 35.9 Å². The summed E-state index contributed by atoms with van der Waals surface area (Å²) in [6, 6.07) is 5.49. The number of nitrogens with one attached hydrogen (secondary N) is 1. The number of rotatable bonds is 3. The Bertz CT molecular complexity index is 777. The van der Waals surface area contributed by atoms with Gasteiger partial charge in [0.25, 0.3) is 0 Å². The third-order valence-electron chi connectivity index (χ3n) is 5.54. The lowest BCUT2D eigenvalue weighted by atomic mass is 10.1. The van der Waals surface area contributed by atoms with Gasteiger partial charge in [0.2, 0.25) is 11.8 Å². The fraction of sp³-hybridized carbons (Fsp3) is 0.526. The Labute approximate surface area is 162 Å². The van der Waals surface area contributed by atoms with E-state index in [2.05, 4.69) is 5.32 Å². The number of hydrogen-bond acceptors (Lipinski definition) is 4. The van der Waals surface area contributed by atoms with E-state index < -0.39 is 11.8 Å². The minimum Gasteiger partial charge on any atom is -0.378 e. The molecule has 1 N–H and O–H groups in total. The highest BCUT2D eigenvalue weighted by Gasteiger charge is 2.44.